The number of benzene rings is 1. The monoisotopic (exact) mass is 253 g/mol. The number of hydrogen-bond acceptors (Lipinski definition) is 4. The Labute approximate surface area is 105 Å². The second-order valence-electron chi connectivity index (χ2n) is 3.85. The molecular weight excluding hydrogens is 237 g/mol. The summed E-state index contributed by atoms with van der Waals surface area (Å²) in [5, 5.41) is 0. The zero-order chi connectivity index (χ0) is 13.5. The van der Waals surface area contributed by atoms with E-state index in [1.54, 1.807) is 31.0 Å². The highest BCUT2D eigenvalue weighted by Crippen LogP contribution is 2.12. The molecule has 1 aromatic carbocycles. The molecule has 18 heavy (non-hydrogen) atoms. The third-order valence-corrected chi connectivity index (χ3v) is 2.33. The highest BCUT2D eigenvalue weighted by molar-refractivity contribution is 5.97. The van der Waals surface area contributed by atoms with Gasteiger partial charge in [-0.3, -0.25) is 9.59 Å². The maximum absolute atomic E-state index is 12.7. The van der Waals surface area contributed by atoms with Gasteiger partial charge in [0.1, 0.15) is 12.2 Å². The smallest absolute Gasteiger partial charge is 0.313 e. The fourth-order valence-corrected chi connectivity index (χ4v) is 1.48. The lowest BCUT2D eigenvalue weighted by Crippen LogP contribution is -2.27. The van der Waals surface area contributed by atoms with Crippen molar-refractivity contribution in [3.05, 3.63) is 30.1 Å². The summed E-state index contributed by atoms with van der Waals surface area (Å²) in [5.41, 5.74) is 0.716. The normalized spacial score (nSPS) is 9.94. The van der Waals surface area contributed by atoms with Crippen LogP contribution in [0.2, 0.25) is 0 Å². The van der Waals surface area contributed by atoms with Crippen molar-refractivity contribution in [1.29, 1.82) is 0 Å². The summed E-state index contributed by atoms with van der Waals surface area (Å²) >= 11 is 0. The highest BCUT2D eigenvalue weighted by atomic mass is 19.1. The van der Waals surface area contributed by atoms with Gasteiger partial charge < -0.3 is 9.64 Å². The van der Waals surface area contributed by atoms with E-state index in [1.807, 2.05) is 0 Å². The number of hydrogen-bond donors (Lipinski definition) is 0. The fourth-order valence-electron chi connectivity index (χ4n) is 1.48. The predicted molar refractivity (Wildman–Crippen MR) is 65.9 cm³/mol. The van der Waals surface area contributed by atoms with Crippen LogP contribution < -0.4 is 4.90 Å². The first-order valence-electron chi connectivity index (χ1n) is 5.67. The maximum atomic E-state index is 12.7. The number of carbonyl (C=O) groups excluding carboxylic acids is 2. The Balaban J connectivity index is 2.49. The number of esters is 1. The Morgan fingerprint density at radius 3 is 2.44 bits per heavy atom. The third-order valence-electron chi connectivity index (χ3n) is 2.33. The second kappa shape index (κ2) is 6.74. The lowest BCUT2D eigenvalue weighted by Gasteiger charge is -2.18. The molecule has 0 heterocycles. The molecule has 0 fully saturated rings. The predicted octanol–water partition coefficient (Wildman–Crippen LogP) is 1.78. The number of ether oxygens (including phenoxy) is 1. The van der Waals surface area contributed by atoms with Crippen LogP contribution in [0.15, 0.2) is 24.3 Å². The second-order valence-corrected chi connectivity index (χ2v) is 3.85. The van der Waals surface area contributed by atoms with Crippen LogP contribution >= 0.6 is 0 Å². The Morgan fingerprint density at radius 2 is 1.89 bits per heavy atom. The van der Waals surface area contributed by atoms with Crippen LogP contribution in [0, 0.1) is 5.82 Å². The maximum Gasteiger partial charge on any atom is 0.313 e. The molecule has 0 radical (unpaired) electrons. The zero-order valence-corrected chi connectivity index (χ0v) is 10.5. The number of likely N-dealkylation sites (N-methyl/N-ethyl adjacent to an activating group) is 1. The Morgan fingerprint density at radius 1 is 1.28 bits per heavy atom. The molecule has 0 saturated heterocycles. The summed E-state index contributed by atoms with van der Waals surface area (Å²) in [6.45, 7) is 2.04. The molecule has 1 aromatic rings. The van der Waals surface area contributed by atoms with Crippen LogP contribution in [-0.2, 0) is 14.3 Å². The van der Waals surface area contributed by atoms with Crippen molar-refractivity contribution in [2.24, 2.45) is 0 Å². The molecule has 0 bridgehead atoms. The number of ketones is 1. The quantitative estimate of drug-likeness (QED) is 0.572. The van der Waals surface area contributed by atoms with E-state index in [0.717, 1.165) is 0 Å². The van der Waals surface area contributed by atoms with Crippen molar-refractivity contribution in [2.45, 2.75) is 13.3 Å². The van der Waals surface area contributed by atoms with Crippen molar-refractivity contribution in [2.75, 3.05) is 25.1 Å². The first kappa shape index (κ1) is 14.2. The Hall–Kier alpha value is -1.91. The fraction of sp³-hybridized carbons (Fsp3) is 0.385. The van der Waals surface area contributed by atoms with E-state index in [4.69, 9.17) is 0 Å². The van der Waals surface area contributed by atoms with Gasteiger partial charge in [-0.25, -0.2) is 4.39 Å². The van der Waals surface area contributed by atoms with E-state index in [2.05, 4.69) is 4.74 Å². The zero-order valence-electron chi connectivity index (χ0n) is 10.5. The molecule has 0 aliphatic heterocycles. The van der Waals surface area contributed by atoms with Gasteiger partial charge in [0, 0.05) is 12.7 Å². The molecule has 98 valence electrons. The number of rotatable bonds is 6. The average molecular weight is 253 g/mol. The SMILES string of the molecule is CCOC(=O)CC(=O)CN(C)c1ccc(F)cc1. The molecule has 0 aliphatic carbocycles. The van der Waals surface area contributed by atoms with Gasteiger partial charge in [0.05, 0.1) is 13.2 Å². The first-order chi connectivity index (χ1) is 8.52. The van der Waals surface area contributed by atoms with Crippen LogP contribution in [0.25, 0.3) is 0 Å². The summed E-state index contributed by atoms with van der Waals surface area (Å²) in [4.78, 5) is 24.3. The van der Waals surface area contributed by atoms with Crippen molar-refractivity contribution in [3.63, 3.8) is 0 Å². The minimum absolute atomic E-state index is 0.0877. The Bertz CT molecular complexity index is 417. The van der Waals surface area contributed by atoms with Gasteiger partial charge in [0.15, 0.2) is 5.78 Å². The standard InChI is InChI=1S/C13H16FNO3/c1-3-18-13(17)8-12(16)9-15(2)11-6-4-10(14)5-7-11/h4-7H,3,8-9H2,1-2H3. The van der Waals surface area contributed by atoms with Gasteiger partial charge in [0.25, 0.3) is 0 Å². The van der Waals surface area contributed by atoms with Gasteiger partial charge in [-0.1, -0.05) is 0 Å². The Kier molecular flexibility index (Phi) is 5.30. The molecule has 0 N–H and O–H groups in total. The van der Waals surface area contributed by atoms with Crippen LogP contribution in [0.5, 0.6) is 0 Å². The van der Waals surface area contributed by atoms with Gasteiger partial charge in [-0.2, -0.15) is 0 Å². The molecule has 0 unspecified atom stereocenters. The summed E-state index contributed by atoms with van der Waals surface area (Å²) < 4.78 is 17.4. The topological polar surface area (TPSA) is 46.6 Å². The highest BCUT2D eigenvalue weighted by Gasteiger charge is 2.13. The number of anilines is 1. The van der Waals surface area contributed by atoms with Crippen LogP contribution in [0.4, 0.5) is 10.1 Å². The molecule has 0 aromatic heterocycles. The first-order valence-corrected chi connectivity index (χ1v) is 5.67. The van der Waals surface area contributed by atoms with E-state index in [9.17, 15) is 14.0 Å². The summed E-state index contributed by atoms with van der Waals surface area (Å²) in [5.74, 6) is -1.08. The molecule has 0 atom stereocenters. The van der Waals surface area contributed by atoms with Crippen LogP contribution in [0.1, 0.15) is 13.3 Å². The van der Waals surface area contributed by atoms with E-state index < -0.39 is 5.97 Å². The van der Waals surface area contributed by atoms with Crippen LogP contribution in [0.3, 0.4) is 0 Å². The van der Waals surface area contributed by atoms with Crippen molar-refractivity contribution in [3.8, 4) is 0 Å². The summed E-state index contributed by atoms with van der Waals surface area (Å²) in [7, 11) is 1.70. The van der Waals surface area contributed by atoms with E-state index in [0.29, 0.717) is 5.69 Å². The minimum atomic E-state index is -0.519. The van der Waals surface area contributed by atoms with E-state index in [-0.39, 0.29) is 31.2 Å². The van der Waals surface area contributed by atoms with Crippen molar-refractivity contribution in [1.82, 2.24) is 0 Å². The molecule has 1 rings (SSSR count). The summed E-state index contributed by atoms with van der Waals surface area (Å²) in [6, 6.07) is 5.79. The van der Waals surface area contributed by atoms with Crippen molar-refractivity contribution < 1.29 is 18.7 Å². The summed E-state index contributed by atoms with van der Waals surface area (Å²) in [6.07, 6.45) is -0.237. The molecule has 0 spiro atoms. The number of carbonyl (C=O) groups is 2. The molecule has 0 saturated carbocycles. The van der Waals surface area contributed by atoms with Crippen LogP contribution in [-0.4, -0.2) is 32.0 Å². The largest absolute Gasteiger partial charge is 0.466 e. The van der Waals surface area contributed by atoms with Crippen molar-refractivity contribution >= 4 is 17.4 Å². The molecule has 0 aliphatic rings. The average Bonchev–Trinajstić information content (AvgIpc) is 2.29. The minimum Gasteiger partial charge on any atom is -0.466 e. The molecule has 4 nitrogen and oxygen atoms in total. The van der Waals surface area contributed by atoms with Gasteiger partial charge in [0.2, 0.25) is 0 Å². The van der Waals surface area contributed by atoms with Gasteiger partial charge >= 0.3 is 5.97 Å². The molecule has 0 amide bonds. The molecule has 5 heteroatoms. The lowest BCUT2D eigenvalue weighted by atomic mass is 10.2. The van der Waals surface area contributed by atoms with E-state index in [1.165, 1.54) is 12.1 Å². The number of halogens is 1. The number of Topliss-reactive ketones (excluding diaryl/α,β-unsaturated/α-hetero) is 1. The molecular formula is C13H16FNO3. The van der Waals surface area contributed by atoms with Gasteiger partial charge in [-0.15, -0.1) is 0 Å². The van der Waals surface area contributed by atoms with E-state index >= 15 is 0 Å². The lowest BCUT2D eigenvalue weighted by molar-refractivity contribution is -0.145. The third kappa shape index (κ3) is 4.53. The number of nitrogens with zero attached hydrogens (tertiary/aromatic N) is 1. The van der Waals surface area contributed by atoms with Gasteiger partial charge in [-0.05, 0) is 31.2 Å².